The van der Waals surface area contributed by atoms with Crippen LogP contribution in [0.4, 0.5) is 29.3 Å². The second-order valence-corrected chi connectivity index (χ2v) is 7.06. The number of rotatable bonds is 5. The maximum Gasteiger partial charge on any atom is 0.418 e. The van der Waals surface area contributed by atoms with Crippen LogP contribution in [0.3, 0.4) is 0 Å². The van der Waals surface area contributed by atoms with Gasteiger partial charge in [-0.15, -0.1) is 0 Å². The number of hydrogen-bond donors (Lipinski definition) is 3. The zero-order chi connectivity index (χ0) is 21.1. The normalized spacial score (nSPS) is 19.1. The number of carbonyl (C=O) groups excluding carboxylic acids is 1. The average molecular weight is 430 g/mol. The van der Waals surface area contributed by atoms with E-state index in [4.69, 9.17) is 26.8 Å². The smallest absolute Gasteiger partial charge is 0.418 e. The van der Waals surface area contributed by atoms with E-state index in [1.807, 2.05) is 0 Å². The van der Waals surface area contributed by atoms with Crippen LogP contribution >= 0.6 is 11.6 Å². The minimum atomic E-state index is -4.54. The Morgan fingerprint density at radius 1 is 1.24 bits per heavy atom. The van der Waals surface area contributed by atoms with E-state index in [0.29, 0.717) is 18.7 Å². The largest absolute Gasteiger partial charge is 0.425 e. The van der Waals surface area contributed by atoms with Crippen LogP contribution in [0, 0.1) is 0 Å². The molecule has 1 aliphatic heterocycles. The highest BCUT2D eigenvalue weighted by Crippen LogP contribution is 2.37. The van der Waals surface area contributed by atoms with Gasteiger partial charge in [-0.3, -0.25) is 5.73 Å². The van der Waals surface area contributed by atoms with Gasteiger partial charge < -0.3 is 20.1 Å². The van der Waals surface area contributed by atoms with Gasteiger partial charge in [-0.2, -0.15) is 13.2 Å². The monoisotopic (exact) mass is 429 g/mol. The number of ether oxygens (including phenoxy) is 2. The maximum atomic E-state index is 13.2. The van der Waals surface area contributed by atoms with Crippen LogP contribution in [0.15, 0.2) is 42.5 Å². The third-order valence-electron chi connectivity index (χ3n) is 4.27. The molecule has 3 rings (SSSR count). The molecule has 2 aromatic rings. The zero-order valence-corrected chi connectivity index (χ0v) is 15.9. The number of nitrogens with two attached hydrogens (primary N) is 1. The predicted molar refractivity (Wildman–Crippen MR) is 102 cm³/mol. The molecule has 1 fully saturated rings. The van der Waals surface area contributed by atoms with E-state index in [1.165, 1.54) is 12.1 Å². The van der Waals surface area contributed by atoms with Crippen molar-refractivity contribution in [2.24, 2.45) is 5.73 Å². The van der Waals surface area contributed by atoms with Gasteiger partial charge in [0.25, 0.3) is 0 Å². The Bertz CT molecular complexity index is 869. The van der Waals surface area contributed by atoms with Gasteiger partial charge in [-0.1, -0.05) is 23.7 Å². The lowest BCUT2D eigenvalue weighted by atomic mass is 10.1. The van der Waals surface area contributed by atoms with Gasteiger partial charge in [0.1, 0.15) is 6.61 Å². The first kappa shape index (κ1) is 21.2. The molecule has 1 saturated heterocycles. The third kappa shape index (κ3) is 5.75. The summed E-state index contributed by atoms with van der Waals surface area (Å²) in [6, 6.07) is 10.1. The van der Waals surface area contributed by atoms with E-state index in [2.05, 4.69) is 10.6 Å². The Balaban J connectivity index is 1.59. The molecular formula is C19H19ClF3N3O3. The summed E-state index contributed by atoms with van der Waals surface area (Å²) < 4.78 is 49.8. The van der Waals surface area contributed by atoms with Crippen molar-refractivity contribution in [3.05, 3.63) is 58.6 Å². The van der Waals surface area contributed by atoms with Gasteiger partial charge >= 0.3 is 12.3 Å². The molecular weight excluding hydrogens is 411 g/mol. The molecule has 29 heavy (non-hydrogen) atoms. The first-order chi connectivity index (χ1) is 13.6. The summed E-state index contributed by atoms with van der Waals surface area (Å²) in [5.74, 6) is 0. The van der Waals surface area contributed by atoms with Crippen molar-refractivity contribution in [3.8, 4) is 0 Å². The summed E-state index contributed by atoms with van der Waals surface area (Å²) in [7, 11) is 0. The highest BCUT2D eigenvalue weighted by Gasteiger charge is 2.35. The standard InChI is InChI=1S/C19H19ClF3N3O3/c20-13-3-6-16(15(9-13)19(21,22)23)26-14-4-1-12(2-5-14)10-25-17(27)29-18(24)7-8-28-11-18/h1-6,9,26H,7-8,10-11,24H2,(H,25,27)/t18-/m0/s1. The Hall–Kier alpha value is -2.49. The molecule has 6 nitrogen and oxygen atoms in total. The quantitative estimate of drug-likeness (QED) is 0.613. The first-order valence-corrected chi connectivity index (χ1v) is 9.09. The number of benzene rings is 2. The van der Waals surface area contributed by atoms with E-state index in [1.54, 1.807) is 24.3 Å². The lowest BCUT2D eigenvalue weighted by molar-refractivity contribution is -0.136. The fourth-order valence-electron chi connectivity index (χ4n) is 2.76. The van der Waals surface area contributed by atoms with Crippen molar-refractivity contribution in [2.75, 3.05) is 18.5 Å². The molecule has 0 aromatic heterocycles. The fourth-order valence-corrected chi connectivity index (χ4v) is 2.93. The number of alkyl carbamates (subject to hydrolysis) is 1. The number of alkyl halides is 3. The molecule has 1 heterocycles. The Labute approximate surface area is 170 Å². The van der Waals surface area contributed by atoms with Crippen molar-refractivity contribution in [2.45, 2.75) is 24.9 Å². The van der Waals surface area contributed by atoms with Gasteiger partial charge in [0.05, 0.1) is 17.9 Å². The predicted octanol–water partition coefficient (Wildman–Crippen LogP) is 4.40. The first-order valence-electron chi connectivity index (χ1n) is 8.71. The highest BCUT2D eigenvalue weighted by atomic mass is 35.5. The highest BCUT2D eigenvalue weighted by molar-refractivity contribution is 6.30. The summed E-state index contributed by atoms with van der Waals surface area (Å²) in [6.45, 7) is 0.748. The summed E-state index contributed by atoms with van der Waals surface area (Å²) in [5, 5.41) is 5.31. The van der Waals surface area contributed by atoms with E-state index in [0.717, 1.165) is 11.6 Å². The van der Waals surface area contributed by atoms with Crippen LogP contribution in [-0.4, -0.2) is 25.0 Å². The van der Waals surface area contributed by atoms with Crippen LogP contribution in [0.2, 0.25) is 5.02 Å². The molecule has 0 radical (unpaired) electrons. The number of amides is 1. The van der Waals surface area contributed by atoms with Crippen LogP contribution in [0.5, 0.6) is 0 Å². The number of carbonyl (C=O) groups is 1. The topological polar surface area (TPSA) is 85.6 Å². The molecule has 0 spiro atoms. The summed E-state index contributed by atoms with van der Waals surface area (Å²) >= 11 is 5.68. The van der Waals surface area contributed by atoms with Gasteiger partial charge in [0, 0.05) is 23.7 Å². The number of hydrogen-bond acceptors (Lipinski definition) is 5. The Morgan fingerprint density at radius 2 is 1.97 bits per heavy atom. The number of anilines is 2. The van der Waals surface area contributed by atoms with Gasteiger partial charge in [0.2, 0.25) is 0 Å². The molecule has 0 bridgehead atoms. The maximum absolute atomic E-state index is 13.2. The van der Waals surface area contributed by atoms with E-state index in [9.17, 15) is 18.0 Å². The molecule has 10 heteroatoms. The van der Waals surface area contributed by atoms with Crippen molar-refractivity contribution >= 4 is 29.1 Å². The lowest BCUT2D eigenvalue weighted by Gasteiger charge is -2.22. The molecule has 0 unspecified atom stereocenters. The number of halogens is 4. The molecule has 4 N–H and O–H groups in total. The average Bonchev–Trinajstić information content (AvgIpc) is 3.07. The van der Waals surface area contributed by atoms with E-state index >= 15 is 0 Å². The van der Waals surface area contributed by atoms with Crippen LogP contribution in [0.1, 0.15) is 17.5 Å². The van der Waals surface area contributed by atoms with Gasteiger partial charge in [-0.25, -0.2) is 4.79 Å². The second-order valence-electron chi connectivity index (χ2n) is 6.62. The van der Waals surface area contributed by atoms with E-state index in [-0.39, 0.29) is 23.9 Å². The second kappa shape index (κ2) is 8.48. The van der Waals surface area contributed by atoms with Crippen molar-refractivity contribution in [1.82, 2.24) is 5.32 Å². The SMILES string of the molecule is N[C@]1(OC(=O)NCc2ccc(Nc3ccc(Cl)cc3C(F)(F)F)cc2)CCOC1. The Kier molecular flexibility index (Phi) is 6.21. The number of nitrogens with one attached hydrogen (secondary N) is 2. The molecule has 1 amide bonds. The molecule has 0 saturated carbocycles. The van der Waals surface area contributed by atoms with E-state index < -0.39 is 23.6 Å². The van der Waals surface area contributed by atoms with Gasteiger partial charge in [-0.05, 0) is 35.9 Å². The minimum absolute atomic E-state index is 0.000362. The molecule has 156 valence electrons. The van der Waals surface area contributed by atoms with Gasteiger partial charge in [0.15, 0.2) is 5.72 Å². The Morgan fingerprint density at radius 3 is 2.59 bits per heavy atom. The minimum Gasteiger partial charge on any atom is -0.425 e. The van der Waals surface area contributed by atoms with Crippen LogP contribution < -0.4 is 16.4 Å². The van der Waals surface area contributed by atoms with Crippen molar-refractivity contribution in [3.63, 3.8) is 0 Å². The molecule has 2 aromatic carbocycles. The molecule has 1 atom stereocenters. The summed E-state index contributed by atoms with van der Waals surface area (Å²) in [6.07, 6.45) is -4.79. The summed E-state index contributed by atoms with van der Waals surface area (Å²) in [5.41, 5.74) is 4.97. The van der Waals surface area contributed by atoms with Crippen molar-refractivity contribution < 1.29 is 27.4 Å². The van der Waals surface area contributed by atoms with Crippen LogP contribution in [-0.2, 0) is 22.2 Å². The molecule has 1 aliphatic rings. The van der Waals surface area contributed by atoms with Crippen molar-refractivity contribution in [1.29, 1.82) is 0 Å². The fraction of sp³-hybridized carbons (Fsp3) is 0.316. The zero-order valence-electron chi connectivity index (χ0n) is 15.2. The third-order valence-corrected chi connectivity index (χ3v) is 4.50. The van der Waals surface area contributed by atoms with Crippen LogP contribution in [0.25, 0.3) is 0 Å². The lowest BCUT2D eigenvalue weighted by Crippen LogP contribution is -2.47. The summed E-state index contributed by atoms with van der Waals surface area (Å²) in [4.78, 5) is 11.8. The molecule has 0 aliphatic carbocycles.